The number of amides is 1. The lowest BCUT2D eigenvalue weighted by molar-refractivity contribution is -0.121. The fraction of sp³-hybridized carbons (Fsp3) is 0.636. The average molecular weight is 330 g/mol. The monoisotopic (exact) mass is 329 g/mol. The van der Waals surface area contributed by atoms with Crippen molar-refractivity contribution in [2.75, 3.05) is 7.11 Å². The molecule has 0 aromatic carbocycles. The summed E-state index contributed by atoms with van der Waals surface area (Å²) in [5.74, 6) is -0.0469. The Labute approximate surface area is 130 Å². The number of carbonyl (C=O) groups is 1. The van der Waals surface area contributed by atoms with Crippen LogP contribution in [0.1, 0.15) is 37.1 Å². The number of nitrogens with zero attached hydrogens (tertiary/aromatic N) is 1. The number of hydrogen-bond acceptors (Lipinski definition) is 5. The molecule has 1 amide bonds. The van der Waals surface area contributed by atoms with Gasteiger partial charge in [-0.05, 0) is 13.8 Å². The maximum absolute atomic E-state index is 11.4. The topological polar surface area (TPSA) is 77.2 Å². The molecule has 2 unspecified atom stereocenters. The van der Waals surface area contributed by atoms with Gasteiger partial charge in [0.2, 0.25) is 5.91 Å². The molecule has 0 aliphatic rings. The molecule has 112 valence electrons. The van der Waals surface area contributed by atoms with Gasteiger partial charge in [-0.15, -0.1) is 36.2 Å². The van der Waals surface area contributed by atoms with Crippen molar-refractivity contribution in [3.63, 3.8) is 0 Å². The van der Waals surface area contributed by atoms with E-state index in [1.54, 1.807) is 14.0 Å². The molecule has 1 aromatic rings. The van der Waals surface area contributed by atoms with Gasteiger partial charge in [-0.25, -0.2) is 4.98 Å². The molecule has 1 aromatic heterocycles. The molecule has 19 heavy (non-hydrogen) atoms. The summed E-state index contributed by atoms with van der Waals surface area (Å²) in [6, 6.07) is -0.116. The van der Waals surface area contributed by atoms with E-state index in [4.69, 9.17) is 10.5 Å². The van der Waals surface area contributed by atoms with Crippen molar-refractivity contribution < 1.29 is 9.53 Å². The highest BCUT2D eigenvalue weighted by molar-refractivity contribution is 7.09. The summed E-state index contributed by atoms with van der Waals surface area (Å²) in [5.41, 5.74) is 6.39. The van der Waals surface area contributed by atoms with E-state index in [1.807, 2.05) is 12.3 Å². The Morgan fingerprint density at radius 3 is 2.68 bits per heavy atom. The zero-order chi connectivity index (χ0) is 12.8. The predicted molar refractivity (Wildman–Crippen MR) is 82.1 cm³/mol. The van der Waals surface area contributed by atoms with Crippen LogP contribution in [0.2, 0.25) is 0 Å². The molecule has 0 radical (unpaired) electrons. The van der Waals surface area contributed by atoms with Crippen LogP contribution in [0, 0.1) is 0 Å². The minimum absolute atomic E-state index is 0. The lowest BCUT2D eigenvalue weighted by Crippen LogP contribution is -2.29. The van der Waals surface area contributed by atoms with Gasteiger partial charge < -0.3 is 15.8 Å². The molecular formula is C11H21Cl2N3O2S. The molecule has 5 nitrogen and oxygen atoms in total. The first kappa shape index (κ1) is 20.9. The van der Waals surface area contributed by atoms with Gasteiger partial charge >= 0.3 is 0 Å². The molecule has 0 aliphatic heterocycles. The van der Waals surface area contributed by atoms with E-state index in [1.165, 1.54) is 11.3 Å². The normalized spacial score (nSPS) is 12.8. The second-order valence-corrected chi connectivity index (χ2v) is 4.90. The molecule has 0 spiro atoms. The van der Waals surface area contributed by atoms with Crippen molar-refractivity contribution in [3.8, 4) is 0 Å². The first-order valence-electron chi connectivity index (χ1n) is 5.52. The van der Waals surface area contributed by atoms with Crippen LogP contribution in [0.3, 0.4) is 0 Å². The zero-order valence-electron chi connectivity index (χ0n) is 11.2. The Morgan fingerprint density at radius 2 is 2.16 bits per heavy atom. The van der Waals surface area contributed by atoms with E-state index in [0.717, 1.165) is 10.7 Å². The number of aromatic nitrogens is 1. The number of ether oxygens (including phenoxy) is 1. The number of hydrogen-bond donors (Lipinski definition) is 2. The van der Waals surface area contributed by atoms with E-state index in [0.29, 0.717) is 13.0 Å². The molecule has 1 heterocycles. The first-order chi connectivity index (χ1) is 8.02. The van der Waals surface area contributed by atoms with Crippen LogP contribution in [-0.4, -0.2) is 24.0 Å². The summed E-state index contributed by atoms with van der Waals surface area (Å²) in [4.78, 5) is 15.8. The SMILES string of the molecule is COC(C)c1nc(CNC(=O)CC(C)N)cs1.Cl.Cl. The summed E-state index contributed by atoms with van der Waals surface area (Å²) in [7, 11) is 1.65. The summed E-state index contributed by atoms with van der Waals surface area (Å²) < 4.78 is 5.17. The molecule has 0 saturated heterocycles. The Balaban J connectivity index is 0. The fourth-order valence-corrected chi connectivity index (χ4v) is 2.10. The highest BCUT2D eigenvalue weighted by Gasteiger charge is 2.10. The number of thiazole rings is 1. The highest BCUT2D eigenvalue weighted by atomic mass is 35.5. The molecule has 0 fully saturated rings. The summed E-state index contributed by atoms with van der Waals surface area (Å²) >= 11 is 1.54. The van der Waals surface area contributed by atoms with E-state index in [2.05, 4.69) is 10.3 Å². The van der Waals surface area contributed by atoms with Gasteiger partial charge in [-0.3, -0.25) is 4.79 Å². The van der Waals surface area contributed by atoms with Crippen molar-refractivity contribution >= 4 is 42.1 Å². The molecule has 0 bridgehead atoms. The number of rotatable bonds is 6. The molecule has 0 aliphatic carbocycles. The average Bonchev–Trinajstić information content (AvgIpc) is 2.73. The van der Waals surface area contributed by atoms with Crippen LogP contribution in [0.25, 0.3) is 0 Å². The second kappa shape index (κ2) is 10.4. The Hall–Kier alpha value is -0.400. The van der Waals surface area contributed by atoms with Gasteiger partial charge in [-0.1, -0.05) is 0 Å². The first-order valence-corrected chi connectivity index (χ1v) is 6.40. The minimum atomic E-state index is -0.116. The predicted octanol–water partition coefficient (Wildman–Crippen LogP) is 2.05. The van der Waals surface area contributed by atoms with Crippen molar-refractivity contribution in [2.24, 2.45) is 5.73 Å². The standard InChI is InChI=1S/C11H19N3O2S.2ClH/c1-7(12)4-10(15)13-5-9-6-17-11(14-9)8(2)16-3;;/h6-8H,4-5,12H2,1-3H3,(H,13,15);2*1H. The third kappa shape index (κ3) is 7.69. The van der Waals surface area contributed by atoms with Gasteiger partial charge in [0.1, 0.15) is 11.1 Å². The summed E-state index contributed by atoms with van der Waals surface area (Å²) in [5, 5.41) is 5.63. The number of carbonyl (C=O) groups excluding carboxylic acids is 1. The molecule has 1 rings (SSSR count). The lowest BCUT2D eigenvalue weighted by Gasteiger charge is -2.06. The van der Waals surface area contributed by atoms with E-state index in [9.17, 15) is 4.79 Å². The van der Waals surface area contributed by atoms with Crippen LogP contribution in [0.5, 0.6) is 0 Å². The highest BCUT2D eigenvalue weighted by Crippen LogP contribution is 2.20. The van der Waals surface area contributed by atoms with E-state index in [-0.39, 0.29) is 42.9 Å². The minimum Gasteiger partial charge on any atom is -0.375 e. The smallest absolute Gasteiger partial charge is 0.221 e. The van der Waals surface area contributed by atoms with Crippen molar-refractivity contribution in [1.82, 2.24) is 10.3 Å². The van der Waals surface area contributed by atoms with Gasteiger partial charge in [0.25, 0.3) is 0 Å². The van der Waals surface area contributed by atoms with Crippen LogP contribution in [-0.2, 0) is 16.1 Å². The second-order valence-electron chi connectivity index (χ2n) is 4.01. The molecule has 0 saturated carbocycles. The number of nitrogens with one attached hydrogen (secondary N) is 1. The maximum Gasteiger partial charge on any atom is 0.221 e. The van der Waals surface area contributed by atoms with E-state index >= 15 is 0 Å². The maximum atomic E-state index is 11.4. The Morgan fingerprint density at radius 1 is 1.53 bits per heavy atom. The largest absolute Gasteiger partial charge is 0.375 e. The van der Waals surface area contributed by atoms with E-state index < -0.39 is 0 Å². The number of halogens is 2. The quantitative estimate of drug-likeness (QED) is 0.837. The molecular weight excluding hydrogens is 309 g/mol. The third-order valence-electron chi connectivity index (χ3n) is 2.24. The zero-order valence-corrected chi connectivity index (χ0v) is 13.7. The molecule has 3 N–H and O–H groups in total. The van der Waals surface area contributed by atoms with Crippen LogP contribution in [0.4, 0.5) is 0 Å². The van der Waals surface area contributed by atoms with Crippen molar-refractivity contribution in [3.05, 3.63) is 16.1 Å². The van der Waals surface area contributed by atoms with Crippen molar-refractivity contribution in [2.45, 2.75) is 39.0 Å². The van der Waals surface area contributed by atoms with Crippen LogP contribution in [0.15, 0.2) is 5.38 Å². The van der Waals surface area contributed by atoms with Gasteiger partial charge in [0.15, 0.2) is 0 Å². The Kier molecular flexibility index (Phi) is 11.4. The molecule has 2 atom stereocenters. The Bertz CT molecular complexity index is 375. The third-order valence-corrected chi connectivity index (χ3v) is 3.30. The lowest BCUT2D eigenvalue weighted by atomic mass is 10.2. The number of nitrogens with two attached hydrogens (primary N) is 1. The fourth-order valence-electron chi connectivity index (χ4n) is 1.25. The number of methoxy groups -OCH3 is 1. The van der Waals surface area contributed by atoms with Gasteiger partial charge in [0.05, 0.1) is 12.2 Å². The summed E-state index contributed by atoms with van der Waals surface area (Å²) in [6.07, 6.45) is 0.333. The van der Waals surface area contributed by atoms with Gasteiger partial charge in [0, 0.05) is 25.0 Å². The summed E-state index contributed by atoms with van der Waals surface area (Å²) in [6.45, 7) is 4.19. The molecule has 8 heteroatoms. The van der Waals surface area contributed by atoms with Crippen LogP contribution >= 0.6 is 36.2 Å². The van der Waals surface area contributed by atoms with Crippen molar-refractivity contribution in [1.29, 1.82) is 0 Å². The van der Waals surface area contributed by atoms with Gasteiger partial charge in [-0.2, -0.15) is 0 Å². The van der Waals surface area contributed by atoms with Crippen LogP contribution < -0.4 is 11.1 Å².